The van der Waals surface area contributed by atoms with E-state index in [-0.39, 0.29) is 18.3 Å². The summed E-state index contributed by atoms with van der Waals surface area (Å²) in [6, 6.07) is 5.22. The van der Waals surface area contributed by atoms with Crippen LogP contribution in [0, 0.1) is 11.8 Å². The number of carbonyl (C=O) groups excluding carboxylic acids is 3. The van der Waals surface area contributed by atoms with Gasteiger partial charge in [0.25, 0.3) is 11.8 Å². The molecule has 1 saturated heterocycles. The minimum atomic E-state index is -1.94. The Labute approximate surface area is 178 Å². The van der Waals surface area contributed by atoms with Gasteiger partial charge in [0.15, 0.2) is 14.4 Å². The summed E-state index contributed by atoms with van der Waals surface area (Å²) in [7, 11) is -1.94. The summed E-state index contributed by atoms with van der Waals surface area (Å²) in [6.45, 7) is 12.9. The monoisotopic (exact) mass is 428 g/mol. The van der Waals surface area contributed by atoms with Crippen LogP contribution in [0.25, 0.3) is 0 Å². The zero-order valence-electron chi connectivity index (χ0n) is 18.3. The van der Waals surface area contributed by atoms with Crippen LogP contribution in [0.1, 0.15) is 48.4 Å². The number of amides is 2. The summed E-state index contributed by atoms with van der Waals surface area (Å²) in [4.78, 5) is 37.9. The minimum Gasteiger partial charge on any atom is -0.465 e. The summed E-state index contributed by atoms with van der Waals surface area (Å²) < 4.78 is 11.2. The summed E-state index contributed by atoms with van der Waals surface area (Å²) >= 11 is 0. The fourth-order valence-electron chi connectivity index (χ4n) is 3.04. The van der Waals surface area contributed by atoms with Gasteiger partial charge in [0, 0.05) is 0 Å². The van der Waals surface area contributed by atoms with Gasteiger partial charge in [-0.25, -0.2) is 0 Å². The number of hydrogen-bond donors (Lipinski definition) is 0. The van der Waals surface area contributed by atoms with Crippen LogP contribution in [0.15, 0.2) is 24.3 Å². The van der Waals surface area contributed by atoms with E-state index in [1.165, 1.54) is 5.01 Å². The second-order valence-corrected chi connectivity index (χ2v) is 13.7. The van der Waals surface area contributed by atoms with E-state index in [9.17, 15) is 14.4 Å². The summed E-state index contributed by atoms with van der Waals surface area (Å²) in [5.41, 5.74) is 0.648. The van der Waals surface area contributed by atoms with Crippen LogP contribution in [0.3, 0.4) is 0 Å². The van der Waals surface area contributed by atoms with Gasteiger partial charge >= 0.3 is 5.97 Å². The molecule has 0 bridgehead atoms. The standard InChI is InChI=1S/C22H28N2O5Si/c1-7-28-21(27)18-17(13-10-14-29-30(5,6)22(2,3)4)23(18)24-19(25)15-11-8-9-12-16(15)20(24)26/h8-9,11-12,17-18H,7,14H2,1-6H3/t17-,18-,23?/m1/s1. The second kappa shape index (κ2) is 7.98. The van der Waals surface area contributed by atoms with E-state index < -0.39 is 38.2 Å². The molecule has 1 fully saturated rings. The Morgan fingerprint density at radius 2 is 1.70 bits per heavy atom. The van der Waals surface area contributed by atoms with Crippen LogP contribution >= 0.6 is 0 Å². The molecule has 160 valence electrons. The van der Waals surface area contributed by atoms with Crippen molar-refractivity contribution in [3.05, 3.63) is 35.4 Å². The molecule has 0 saturated carbocycles. The SMILES string of the molecule is CCOC(=O)[C@H]1[C@@H](C#CCO[Si](C)(C)C(C)(C)C)N1N1C(=O)c2ccccc2C1=O. The number of ether oxygens (including phenoxy) is 1. The highest BCUT2D eigenvalue weighted by atomic mass is 28.4. The molecule has 2 aliphatic rings. The number of fused-ring (bicyclic) bond motifs is 1. The highest BCUT2D eigenvalue weighted by molar-refractivity contribution is 6.74. The van der Waals surface area contributed by atoms with Gasteiger partial charge in [-0.3, -0.25) is 14.4 Å². The van der Waals surface area contributed by atoms with Gasteiger partial charge in [0.05, 0.1) is 24.3 Å². The maximum atomic E-state index is 12.8. The molecule has 0 N–H and O–H groups in total. The number of hydrazine groups is 1. The summed E-state index contributed by atoms with van der Waals surface area (Å²) in [5.74, 6) is 4.56. The van der Waals surface area contributed by atoms with Crippen molar-refractivity contribution in [2.45, 2.75) is 57.9 Å². The van der Waals surface area contributed by atoms with E-state index in [4.69, 9.17) is 9.16 Å². The van der Waals surface area contributed by atoms with Gasteiger partial charge in [-0.1, -0.05) is 44.7 Å². The molecule has 8 heteroatoms. The second-order valence-electron chi connectivity index (χ2n) is 8.86. The third-order valence-electron chi connectivity index (χ3n) is 5.87. The molecular weight excluding hydrogens is 400 g/mol. The van der Waals surface area contributed by atoms with Gasteiger partial charge in [0.1, 0.15) is 6.04 Å². The lowest BCUT2D eigenvalue weighted by Crippen LogP contribution is -2.40. The Morgan fingerprint density at radius 1 is 1.13 bits per heavy atom. The van der Waals surface area contributed by atoms with Gasteiger partial charge in [-0.2, -0.15) is 10.0 Å². The number of carbonyl (C=O) groups is 3. The third kappa shape index (κ3) is 3.93. The lowest BCUT2D eigenvalue weighted by atomic mass is 10.1. The topological polar surface area (TPSA) is 75.9 Å². The Balaban J connectivity index is 1.77. The van der Waals surface area contributed by atoms with E-state index in [2.05, 4.69) is 45.7 Å². The van der Waals surface area contributed by atoms with Crippen LogP contribution in [-0.2, 0) is 14.0 Å². The van der Waals surface area contributed by atoms with Crippen molar-refractivity contribution in [1.29, 1.82) is 0 Å². The molecule has 1 unspecified atom stereocenters. The normalized spacial score (nSPS) is 23.0. The largest absolute Gasteiger partial charge is 0.465 e. The predicted octanol–water partition coefficient (Wildman–Crippen LogP) is 2.84. The van der Waals surface area contributed by atoms with Crippen molar-refractivity contribution in [2.24, 2.45) is 0 Å². The van der Waals surface area contributed by atoms with Crippen molar-refractivity contribution in [3.8, 4) is 11.8 Å². The minimum absolute atomic E-state index is 0.0634. The van der Waals surface area contributed by atoms with Gasteiger partial charge in [-0.15, -0.1) is 0 Å². The number of rotatable bonds is 5. The number of imide groups is 1. The molecule has 0 aliphatic carbocycles. The first-order chi connectivity index (χ1) is 14.0. The first kappa shape index (κ1) is 22.2. The predicted molar refractivity (Wildman–Crippen MR) is 114 cm³/mol. The summed E-state index contributed by atoms with van der Waals surface area (Å²) in [6.07, 6.45) is 0. The van der Waals surface area contributed by atoms with Crippen molar-refractivity contribution >= 4 is 26.1 Å². The van der Waals surface area contributed by atoms with E-state index >= 15 is 0 Å². The maximum absolute atomic E-state index is 12.8. The van der Waals surface area contributed by atoms with E-state index in [0.29, 0.717) is 11.1 Å². The average Bonchev–Trinajstić information content (AvgIpc) is 3.31. The Kier molecular flexibility index (Phi) is 5.91. The lowest BCUT2D eigenvalue weighted by Gasteiger charge is -2.35. The van der Waals surface area contributed by atoms with Crippen LogP contribution in [0.5, 0.6) is 0 Å². The fraction of sp³-hybridized carbons (Fsp3) is 0.500. The smallest absolute Gasteiger partial charge is 0.328 e. The lowest BCUT2D eigenvalue weighted by molar-refractivity contribution is -0.144. The molecule has 1 aromatic rings. The van der Waals surface area contributed by atoms with Crippen molar-refractivity contribution in [3.63, 3.8) is 0 Å². The van der Waals surface area contributed by atoms with Gasteiger partial charge < -0.3 is 9.16 Å². The van der Waals surface area contributed by atoms with Gasteiger partial charge in [-0.05, 0) is 37.2 Å². The molecule has 1 aromatic carbocycles. The molecule has 0 radical (unpaired) electrons. The molecule has 2 heterocycles. The average molecular weight is 429 g/mol. The van der Waals surface area contributed by atoms with Crippen molar-refractivity contribution in [1.82, 2.24) is 10.0 Å². The number of benzene rings is 1. The van der Waals surface area contributed by atoms with E-state index in [1.54, 1.807) is 31.2 Å². The zero-order valence-corrected chi connectivity index (χ0v) is 19.3. The number of nitrogens with zero attached hydrogens (tertiary/aromatic N) is 2. The highest BCUT2D eigenvalue weighted by Crippen LogP contribution is 2.38. The summed E-state index contributed by atoms with van der Waals surface area (Å²) in [5, 5.41) is 2.48. The third-order valence-corrected chi connectivity index (χ3v) is 10.4. The Morgan fingerprint density at radius 3 is 2.20 bits per heavy atom. The molecule has 30 heavy (non-hydrogen) atoms. The molecule has 2 amide bonds. The van der Waals surface area contributed by atoms with Crippen molar-refractivity contribution in [2.75, 3.05) is 13.2 Å². The highest BCUT2D eigenvalue weighted by Gasteiger charge is 2.61. The Hall–Kier alpha value is -2.47. The van der Waals surface area contributed by atoms with Gasteiger partial charge in [0.2, 0.25) is 0 Å². The first-order valence-corrected chi connectivity index (χ1v) is 13.0. The quantitative estimate of drug-likeness (QED) is 0.236. The molecule has 7 nitrogen and oxygen atoms in total. The van der Waals surface area contributed by atoms with Crippen LogP contribution < -0.4 is 0 Å². The molecule has 3 atom stereocenters. The molecule has 0 spiro atoms. The van der Waals surface area contributed by atoms with Crippen molar-refractivity contribution < 1.29 is 23.5 Å². The van der Waals surface area contributed by atoms with Crippen LogP contribution in [0.4, 0.5) is 0 Å². The zero-order chi connectivity index (χ0) is 22.3. The fourth-order valence-corrected chi connectivity index (χ4v) is 3.91. The maximum Gasteiger partial charge on any atom is 0.328 e. The number of hydrogen-bond acceptors (Lipinski definition) is 6. The van der Waals surface area contributed by atoms with Crippen LogP contribution in [0.2, 0.25) is 18.1 Å². The molecule has 3 rings (SSSR count). The van der Waals surface area contributed by atoms with Crippen LogP contribution in [-0.4, -0.2) is 61.4 Å². The number of esters is 1. The molecule has 0 aromatic heterocycles. The van der Waals surface area contributed by atoms with E-state index in [0.717, 1.165) is 5.01 Å². The molecular formula is C22H28N2O5Si. The molecule has 2 aliphatic heterocycles. The Bertz CT molecular complexity index is 906. The van der Waals surface area contributed by atoms with E-state index in [1.807, 2.05) is 0 Å². The first-order valence-electron chi connectivity index (χ1n) is 10.1.